The number of nitrogens with one attached hydrogen (secondary N) is 1. The van der Waals surface area contributed by atoms with Crippen LogP contribution < -0.4 is 15.1 Å². The number of amides is 1. The average molecular weight is 395 g/mol. The maximum absolute atomic E-state index is 12.6. The molecule has 154 valence electrons. The number of aromatic nitrogens is 1. The van der Waals surface area contributed by atoms with E-state index in [9.17, 15) is 4.79 Å². The standard InChI is InChI=1S/C23H30N4O2/c1-18-7-3-4-9-20(18)26-12-14-27(15-13-26)21-19(8-5-11-24-21)17-25-22(28)23(2)10-6-16-29-23/h3-5,7-9,11H,6,10,12-17H2,1-2H3,(H,25,28)/t23-/m1/s1. The Morgan fingerprint density at radius 3 is 2.62 bits per heavy atom. The Labute approximate surface area is 172 Å². The van der Waals surface area contributed by atoms with Crippen molar-refractivity contribution in [1.29, 1.82) is 0 Å². The molecule has 1 aromatic carbocycles. The van der Waals surface area contributed by atoms with Gasteiger partial charge in [0.15, 0.2) is 0 Å². The lowest BCUT2D eigenvalue weighted by molar-refractivity contribution is -0.139. The summed E-state index contributed by atoms with van der Waals surface area (Å²) >= 11 is 0. The number of carbonyl (C=O) groups excluding carboxylic acids is 1. The second-order valence-electron chi connectivity index (χ2n) is 8.11. The minimum atomic E-state index is -0.693. The number of hydrogen-bond acceptors (Lipinski definition) is 5. The van der Waals surface area contributed by atoms with Crippen LogP contribution in [0.4, 0.5) is 11.5 Å². The van der Waals surface area contributed by atoms with Gasteiger partial charge in [-0.05, 0) is 44.4 Å². The lowest BCUT2D eigenvalue weighted by Gasteiger charge is -2.38. The molecule has 0 spiro atoms. The van der Waals surface area contributed by atoms with Gasteiger partial charge in [-0.1, -0.05) is 24.3 Å². The lowest BCUT2D eigenvalue weighted by atomic mass is 10.0. The first-order valence-corrected chi connectivity index (χ1v) is 10.5. The number of piperazine rings is 1. The number of nitrogens with zero attached hydrogens (tertiary/aromatic N) is 3. The van der Waals surface area contributed by atoms with Crippen LogP contribution in [0.5, 0.6) is 0 Å². The van der Waals surface area contributed by atoms with Gasteiger partial charge in [0, 0.05) is 56.8 Å². The molecule has 3 heterocycles. The van der Waals surface area contributed by atoms with Crippen molar-refractivity contribution >= 4 is 17.4 Å². The van der Waals surface area contributed by atoms with E-state index in [-0.39, 0.29) is 5.91 Å². The summed E-state index contributed by atoms with van der Waals surface area (Å²) in [6.45, 7) is 8.91. The van der Waals surface area contributed by atoms with Crippen LogP contribution in [0, 0.1) is 6.92 Å². The van der Waals surface area contributed by atoms with Crippen molar-refractivity contribution < 1.29 is 9.53 Å². The van der Waals surface area contributed by atoms with E-state index in [0.717, 1.165) is 50.4 Å². The van der Waals surface area contributed by atoms with Crippen molar-refractivity contribution in [2.45, 2.75) is 38.8 Å². The quantitative estimate of drug-likeness (QED) is 0.845. The highest BCUT2D eigenvalue weighted by Gasteiger charge is 2.37. The van der Waals surface area contributed by atoms with Crippen molar-refractivity contribution in [2.24, 2.45) is 0 Å². The first kappa shape index (κ1) is 19.7. The summed E-state index contributed by atoms with van der Waals surface area (Å²) in [5.74, 6) is 0.934. The largest absolute Gasteiger partial charge is 0.368 e. The van der Waals surface area contributed by atoms with E-state index in [1.165, 1.54) is 11.3 Å². The first-order chi connectivity index (χ1) is 14.1. The van der Waals surface area contributed by atoms with Gasteiger partial charge in [0.25, 0.3) is 5.91 Å². The Morgan fingerprint density at radius 1 is 1.14 bits per heavy atom. The maximum Gasteiger partial charge on any atom is 0.252 e. The van der Waals surface area contributed by atoms with Gasteiger partial charge in [0.05, 0.1) is 0 Å². The van der Waals surface area contributed by atoms with Crippen LogP contribution in [0.2, 0.25) is 0 Å². The third kappa shape index (κ3) is 4.22. The minimum absolute atomic E-state index is 0.0332. The van der Waals surface area contributed by atoms with Crippen LogP contribution in [0.15, 0.2) is 42.6 Å². The molecule has 0 unspecified atom stereocenters. The molecule has 29 heavy (non-hydrogen) atoms. The van der Waals surface area contributed by atoms with Crippen molar-refractivity contribution in [2.75, 3.05) is 42.6 Å². The molecule has 0 saturated carbocycles. The average Bonchev–Trinajstić information content (AvgIpc) is 3.21. The van der Waals surface area contributed by atoms with Gasteiger partial charge in [-0.2, -0.15) is 0 Å². The van der Waals surface area contributed by atoms with E-state index in [0.29, 0.717) is 13.2 Å². The zero-order valence-electron chi connectivity index (χ0n) is 17.4. The maximum atomic E-state index is 12.6. The van der Waals surface area contributed by atoms with E-state index in [4.69, 9.17) is 4.74 Å². The molecule has 1 aromatic heterocycles. The van der Waals surface area contributed by atoms with Gasteiger partial charge < -0.3 is 19.9 Å². The second kappa shape index (κ2) is 8.41. The fourth-order valence-electron chi connectivity index (χ4n) is 4.25. The molecule has 1 atom stereocenters. The summed E-state index contributed by atoms with van der Waals surface area (Å²) in [6, 6.07) is 12.5. The molecule has 2 saturated heterocycles. The highest BCUT2D eigenvalue weighted by Crippen LogP contribution is 2.26. The fourth-order valence-corrected chi connectivity index (χ4v) is 4.25. The van der Waals surface area contributed by atoms with Gasteiger partial charge in [0.2, 0.25) is 0 Å². The Bertz CT molecular complexity index is 855. The summed E-state index contributed by atoms with van der Waals surface area (Å²) in [5.41, 5.74) is 2.98. The third-order valence-electron chi connectivity index (χ3n) is 6.04. The van der Waals surface area contributed by atoms with E-state index < -0.39 is 5.60 Å². The molecule has 0 bridgehead atoms. The van der Waals surface area contributed by atoms with Crippen molar-refractivity contribution in [3.63, 3.8) is 0 Å². The van der Waals surface area contributed by atoms with Crippen LogP contribution in [0.1, 0.15) is 30.9 Å². The summed E-state index contributed by atoms with van der Waals surface area (Å²) in [5, 5.41) is 3.06. The molecule has 4 rings (SSSR count). The molecule has 0 radical (unpaired) electrons. The Hall–Kier alpha value is -2.60. The number of benzene rings is 1. The molecule has 6 heteroatoms. The number of rotatable bonds is 5. The smallest absolute Gasteiger partial charge is 0.252 e. The number of anilines is 2. The van der Waals surface area contributed by atoms with E-state index in [1.54, 1.807) is 0 Å². The van der Waals surface area contributed by atoms with Crippen LogP contribution in [0.3, 0.4) is 0 Å². The van der Waals surface area contributed by atoms with Crippen LogP contribution in [-0.2, 0) is 16.1 Å². The van der Waals surface area contributed by atoms with Crippen molar-refractivity contribution in [1.82, 2.24) is 10.3 Å². The van der Waals surface area contributed by atoms with Gasteiger partial charge in [-0.25, -0.2) is 4.98 Å². The summed E-state index contributed by atoms with van der Waals surface area (Å²) in [4.78, 5) is 22.0. The fraction of sp³-hybridized carbons (Fsp3) is 0.478. The first-order valence-electron chi connectivity index (χ1n) is 10.5. The summed E-state index contributed by atoms with van der Waals surface area (Å²) in [7, 11) is 0. The van der Waals surface area contributed by atoms with E-state index >= 15 is 0 Å². The highest BCUT2D eigenvalue weighted by molar-refractivity contribution is 5.85. The summed E-state index contributed by atoms with van der Waals surface area (Å²) < 4.78 is 5.66. The molecule has 2 aromatic rings. The topological polar surface area (TPSA) is 57.7 Å². The molecule has 2 aliphatic heterocycles. The monoisotopic (exact) mass is 394 g/mol. The zero-order valence-corrected chi connectivity index (χ0v) is 17.4. The molecule has 1 N–H and O–H groups in total. The molecule has 0 aliphatic carbocycles. The van der Waals surface area contributed by atoms with Gasteiger partial charge in [0.1, 0.15) is 11.4 Å². The molecule has 2 fully saturated rings. The third-order valence-corrected chi connectivity index (χ3v) is 6.04. The number of pyridine rings is 1. The number of ether oxygens (including phenoxy) is 1. The number of hydrogen-bond donors (Lipinski definition) is 1. The van der Waals surface area contributed by atoms with Crippen LogP contribution in [-0.4, -0.2) is 49.3 Å². The Morgan fingerprint density at radius 2 is 1.90 bits per heavy atom. The van der Waals surface area contributed by atoms with Gasteiger partial charge in [-0.3, -0.25) is 4.79 Å². The Balaban J connectivity index is 1.40. The SMILES string of the molecule is Cc1ccccc1N1CCN(c2ncccc2CNC(=O)[C@@]2(C)CCCO2)CC1. The normalized spacial score (nSPS) is 22.0. The second-order valence-corrected chi connectivity index (χ2v) is 8.11. The lowest BCUT2D eigenvalue weighted by Crippen LogP contribution is -2.47. The molecule has 6 nitrogen and oxygen atoms in total. The summed E-state index contributed by atoms with van der Waals surface area (Å²) in [6.07, 6.45) is 3.54. The predicted octanol–water partition coefficient (Wildman–Crippen LogP) is 2.90. The van der Waals surface area contributed by atoms with E-state index in [1.807, 2.05) is 25.3 Å². The van der Waals surface area contributed by atoms with Gasteiger partial charge >= 0.3 is 0 Å². The van der Waals surface area contributed by atoms with Gasteiger partial charge in [-0.15, -0.1) is 0 Å². The predicted molar refractivity (Wildman–Crippen MR) is 115 cm³/mol. The Kier molecular flexibility index (Phi) is 5.72. The van der Waals surface area contributed by atoms with Crippen molar-refractivity contribution in [3.05, 3.63) is 53.7 Å². The van der Waals surface area contributed by atoms with Crippen LogP contribution >= 0.6 is 0 Å². The van der Waals surface area contributed by atoms with E-state index in [2.05, 4.69) is 51.3 Å². The molecular weight excluding hydrogens is 364 g/mol. The van der Waals surface area contributed by atoms with Crippen molar-refractivity contribution in [3.8, 4) is 0 Å². The molecule has 1 amide bonds. The highest BCUT2D eigenvalue weighted by atomic mass is 16.5. The number of para-hydroxylation sites is 1. The number of aryl methyl sites for hydroxylation is 1. The van der Waals surface area contributed by atoms with Crippen LogP contribution in [0.25, 0.3) is 0 Å². The molecular formula is C23H30N4O2. The number of carbonyl (C=O) groups is 1. The molecule has 2 aliphatic rings. The minimum Gasteiger partial charge on any atom is -0.368 e. The zero-order chi connectivity index (χ0) is 20.3.